The minimum atomic E-state index is -0.526. The zero-order valence-corrected chi connectivity index (χ0v) is 17.9. The van der Waals surface area contributed by atoms with Gasteiger partial charge in [0.25, 0.3) is 0 Å². The average molecular weight is 440 g/mol. The molecule has 31 heavy (non-hydrogen) atoms. The number of H-pyrrole nitrogens is 1. The van der Waals surface area contributed by atoms with Crippen LogP contribution in [0.3, 0.4) is 0 Å². The number of aromatic nitrogens is 3. The number of methoxy groups -OCH3 is 1. The Morgan fingerprint density at radius 3 is 2.74 bits per heavy atom. The molecule has 0 aliphatic carbocycles. The van der Waals surface area contributed by atoms with E-state index >= 15 is 0 Å². The van der Waals surface area contributed by atoms with Crippen LogP contribution in [-0.2, 0) is 9.59 Å². The summed E-state index contributed by atoms with van der Waals surface area (Å²) in [6, 6.07) is 14.0. The molecule has 0 spiro atoms. The van der Waals surface area contributed by atoms with E-state index in [0.717, 1.165) is 5.56 Å². The molecule has 1 aliphatic heterocycles. The normalized spacial score (nSPS) is 16.9. The third-order valence-electron chi connectivity index (χ3n) is 5.22. The van der Waals surface area contributed by atoms with Crippen LogP contribution in [-0.4, -0.2) is 40.7 Å². The van der Waals surface area contributed by atoms with Crippen LogP contribution < -0.4 is 15.0 Å². The van der Waals surface area contributed by atoms with Gasteiger partial charge < -0.3 is 15.0 Å². The number of hydrogen-bond acceptors (Lipinski definition) is 5. The van der Waals surface area contributed by atoms with Gasteiger partial charge in [-0.15, -0.1) is 0 Å². The number of amides is 2. The van der Waals surface area contributed by atoms with E-state index in [0.29, 0.717) is 28.1 Å². The zero-order chi connectivity index (χ0) is 22.0. The quantitative estimate of drug-likeness (QED) is 0.615. The van der Waals surface area contributed by atoms with E-state index in [2.05, 4.69) is 20.5 Å². The molecule has 160 valence electrons. The van der Waals surface area contributed by atoms with Gasteiger partial charge >= 0.3 is 0 Å². The molecule has 0 saturated carbocycles. The summed E-state index contributed by atoms with van der Waals surface area (Å²) < 4.78 is 5.37. The minimum absolute atomic E-state index is 0.0933. The van der Waals surface area contributed by atoms with Gasteiger partial charge in [0.15, 0.2) is 5.82 Å². The number of aryl methyl sites for hydroxylation is 1. The van der Waals surface area contributed by atoms with Crippen molar-refractivity contribution in [2.75, 3.05) is 18.6 Å². The van der Waals surface area contributed by atoms with E-state index in [-0.39, 0.29) is 24.8 Å². The van der Waals surface area contributed by atoms with Crippen molar-refractivity contribution in [1.82, 2.24) is 20.5 Å². The maximum absolute atomic E-state index is 13.1. The smallest absolute Gasteiger partial charge is 0.227 e. The molecule has 0 radical (unpaired) electrons. The lowest BCUT2D eigenvalue weighted by Crippen LogP contribution is -2.36. The van der Waals surface area contributed by atoms with Gasteiger partial charge in [-0.2, -0.15) is 5.10 Å². The van der Waals surface area contributed by atoms with E-state index < -0.39 is 12.0 Å². The number of anilines is 1. The van der Waals surface area contributed by atoms with Crippen molar-refractivity contribution in [2.24, 2.45) is 5.92 Å². The largest absolute Gasteiger partial charge is 0.495 e. The van der Waals surface area contributed by atoms with Crippen LogP contribution in [0.1, 0.15) is 29.7 Å². The molecule has 2 aromatic carbocycles. The number of benzene rings is 2. The van der Waals surface area contributed by atoms with Gasteiger partial charge in [0.2, 0.25) is 11.8 Å². The molecular formula is C22H22ClN5O3. The van der Waals surface area contributed by atoms with Gasteiger partial charge in [0.05, 0.1) is 18.7 Å². The van der Waals surface area contributed by atoms with E-state index in [1.807, 2.05) is 30.3 Å². The zero-order valence-electron chi connectivity index (χ0n) is 17.1. The molecule has 2 atom stereocenters. The van der Waals surface area contributed by atoms with Gasteiger partial charge in [-0.3, -0.25) is 14.7 Å². The van der Waals surface area contributed by atoms with E-state index in [4.69, 9.17) is 16.3 Å². The van der Waals surface area contributed by atoms with Crippen LogP contribution in [0.2, 0.25) is 5.02 Å². The number of carbonyl (C=O) groups is 2. The van der Waals surface area contributed by atoms with Crippen molar-refractivity contribution in [1.29, 1.82) is 0 Å². The summed E-state index contributed by atoms with van der Waals surface area (Å²) in [5.41, 5.74) is 1.41. The maximum Gasteiger partial charge on any atom is 0.227 e. The maximum atomic E-state index is 13.1. The first-order chi connectivity index (χ1) is 15.0. The summed E-state index contributed by atoms with van der Waals surface area (Å²) in [6.45, 7) is 2.03. The van der Waals surface area contributed by atoms with Gasteiger partial charge in [0, 0.05) is 18.0 Å². The highest BCUT2D eigenvalue weighted by Gasteiger charge is 2.37. The predicted octanol–water partition coefficient (Wildman–Crippen LogP) is 3.03. The summed E-state index contributed by atoms with van der Waals surface area (Å²) in [5, 5.41) is 10.5. The van der Waals surface area contributed by atoms with Crippen LogP contribution in [0.4, 0.5) is 5.69 Å². The first-order valence-electron chi connectivity index (χ1n) is 9.84. The lowest BCUT2D eigenvalue weighted by Gasteiger charge is -2.21. The van der Waals surface area contributed by atoms with Crippen LogP contribution >= 0.6 is 11.6 Å². The molecule has 8 nitrogen and oxygen atoms in total. The standard InChI is InChI=1S/C22H22ClN5O3/c1-13-24-21(27-26-13)20(14-6-4-3-5-7-14)25-22(30)15-10-19(29)28(12-15)17-11-16(23)8-9-18(17)31-2/h3-9,11,15,20H,10,12H2,1-2H3,(H,25,30)(H,24,26,27). The van der Waals surface area contributed by atoms with Crippen molar-refractivity contribution in [3.63, 3.8) is 0 Å². The van der Waals surface area contributed by atoms with Crippen molar-refractivity contribution in [3.05, 3.63) is 70.8 Å². The van der Waals surface area contributed by atoms with Gasteiger partial charge in [-0.1, -0.05) is 41.9 Å². The number of carbonyl (C=O) groups excluding carboxylic acids is 2. The number of ether oxygens (including phenoxy) is 1. The van der Waals surface area contributed by atoms with Gasteiger partial charge in [-0.25, -0.2) is 4.98 Å². The SMILES string of the molecule is COc1ccc(Cl)cc1N1CC(C(=O)NC(c2ccccc2)c2n[nH]c(C)n2)CC1=O. The molecule has 0 bridgehead atoms. The fourth-order valence-corrected chi connectivity index (χ4v) is 3.85. The Hall–Kier alpha value is -3.39. The number of hydrogen-bond donors (Lipinski definition) is 2. The average Bonchev–Trinajstić information content (AvgIpc) is 3.38. The Morgan fingerprint density at radius 1 is 1.29 bits per heavy atom. The molecule has 2 heterocycles. The number of aromatic amines is 1. The second-order valence-electron chi connectivity index (χ2n) is 7.35. The molecule has 1 aromatic heterocycles. The first-order valence-corrected chi connectivity index (χ1v) is 10.2. The molecule has 2 amide bonds. The molecular weight excluding hydrogens is 418 g/mol. The highest BCUT2D eigenvalue weighted by Crippen LogP contribution is 2.35. The molecule has 4 rings (SSSR count). The molecule has 2 N–H and O–H groups in total. The highest BCUT2D eigenvalue weighted by molar-refractivity contribution is 6.31. The summed E-state index contributed by atoms with van der Waals surface area (Å²) in [4.78, 5) is 31.8. The Kier molecular flexibility index (Phi) is 5.90. The van der Waals surface area contributed by atoms with E-state index in [1.165, 1.54) is 7.11 Å². The van der Waals surface area contributed by atoms with Crippen LogP contribution in [0.25, 0.3) is 0 Å². The summed E-state index contributed by atoms with van der Waals surface area (Å²) in [6.07, 6.45) is 0.0933. The molecule has 1 aliphatic rings. The second kappa shape index (κ2) is 8.77. The van der Waals surface area contributed by atoms with Crippen molar-refractivity contribution in [3.8, 4) is 5.75 Å². The van der Waals surface area contributed by atoms with Crippen LogP contribution in [0.5, 0.6) is 5.75 Å². The Bertz CT molecular complexity index is 1100. The monoisotopic (exact) mass is 439 g/mol. The van der Waals surface area contributed by atoms with E-state index in [1.54, 1.807) is 30.0 Å². The first kappa shape index (κ1) is 20.9. The molecule has 1 saturated heterocycles. The van der Waals surface area contributed by atoms with E-state index in [9.17, 15) is 9.59 Å². The Balaban J connectivity index is 1.55. The number of rotatable bonds is 6. The summed E-state index contributed by atoms with van der Waals surface area (Å²) >= 11 is 6.12. The lowest BCUT2D eigenvalue weighted by atomic mass is 10.0. The predicted molar refractivity (Wildman–Crippen MR) is 116 cm³/mol. The number of nitrogens with zero attached hydrogens (tertiary/aromatic N) is 3. The lowest BCUT2D eigenvalue weighted by molar-refractivity contribution is -0.126. The molecule has 9 heteroatoms. The van der Waals surface area contributed by atoms with Crippen molar-refractivity contribution < 1.29 is 14.3 Å². The highest BCUT2D eigenvalue weighted by atomic mass is 35.5. The second-order valence-corrected chi connectivity index (χ2v) is 7.79. The number of halogens is 1. The fraction of sp³-hybridized carbons (Fsp3) is 0.273. The molecule has 1 fully saturated rings. The van der Waals surface area contributed by atoms with Crippen molar-refractivity contribution in [2.45, 2.75) is 19.4 Å². The van der Waals surface area contributed by atoms with Crippen LogP contribution in [0.15, 0.2) is 48.5 Å². The summed E-state index contributed by atoms with van der Waals surface area (Å²) in [7, 11) is 1.53. The molecule has 3 aromatic rings. The van der Waals surface area contributed by atoms with Gasteiger partial charge in [-0.05, 0) is 30.7 Å². The van der Waals surface area contributed by atoms with Gasteiger partial charge in [0.1, 0.15) is 17.6 Å². The Labute approximate surface area is 184 Å². The summed E-state index contributed by atoms with van der Waals surface area (Å²) in [5.74, 6) is 0.716. The third-order valence-corrected chi connectivity index (χ3v) is 5.45. The molecule has 2 unspecified atom stereocenters. The topological polar surface area (TPSA) is 100 Å². The minimum Gasteiger partial charge on any atom is -0.495 e. The van der Waals surface area contributed by atoms with Crippen LogP contribution in [0, 0.1) is 12.8 Å². The number of nitrogens with one attached hydrogen (secondary N) is 2. The third kappa shape index (κ3) is 4.39. The van der Waals surface area contributed by atoms with Crippen molar-refractivity contribution >= 4 is 29.1 Å². The fourth-order valence-electron chi connectivity index (χ4n) is 3.68. The Morgan fingerprint density at radius 2 is 2.06 bits per heavy atom.